The predicted molar refractivity (Wildman–Crippen MR) is 102 cm³/mol. The molecule has 0 saturated carbocycles. The van der Waals surface area contributed by atoms with Crippen LogP contribution in [0.4, 0.5) is 0 Å². The first-order chi connectivity index (χ1) is 11.9. The van der Waals surface area contributed by atoms with Crippen molar-refractivity contribution in [2.45, 2.75) is 45.9 Å². The largest absolute Gasteiger partial charge is 0.361 e. The quantitative estimate of drug-likeness (QED) is 0.787. The van der Waals surface area contributed by atoms with Crippen molar-refractivity contribution in [3.05, 3.63) is 45.8 Å². The zero-order valence-corrected chi connectivity index (χ0v) is 16.9. The summed E-state index contributed by atoms with van der Waals surface area (Å²) in [6, 6.07) is 8.17. The molecular formula is C19H26BrN3O2. The van der Waals surface area contributed by atoms with Crippen molar-refractivity contribution in [1.29, 1.82) is 0 Å². The van der Waals surface area contributed by atoms with Crippen molar-refractivity contribution in [1.82, 2.24) is 14.5 Å². The van der Waals surface area contributed by atoms with E-state index in [1.807, 2.05) is 26.0 Å². The molecule has 2 atom stereocenters. The first-order valence-corrected chi connectivity index (χ1v) is 9.57. The first kappa shape index (κ1) is 18.6. The third-order valence-corrected chi connectivity index (χ3v) is 5.30. The minimum Gasteiger partial charge on any atom is -0.361 e. The molecule has 2 aromatic rings. The van der Waals surface area contributed by atoms with Crippen LogP contribution in [0.25, 0.3) is 5.82 Å². The molecule has 1 saturated heterocycles. The second-order valence-electron chi connectivity index (χ2n) is 6.87. The number of rotatable bonds is 4. The highest BCUT2D eigenvalue weighted by Gasteiger charge is 2.41. The van der Waals surface area contributed by atoms with Gasteiger partial charge in [-0.05, 0) is 73.9 Å². The molecule has 3 rings (SSSR count). The molecule has 5 nitrogen and oxygen atoms in total. The van der Waals surface area contributed by atoms with Gasteiger partial charge in [0.05, 0.1) is 18.7 Å². The zero-order chi connectivity index (χ0) is 18.2. The second kappa shape index (κ2) is 7.19. The molecule has 1 aliphatic rings. The van der Waals surface area contributed by atoms with E-state index in [0.717, 1.165) is 29.0 Å². The highest BCUT2D eigenvalue weighted by atomic mass is 79.9. The average molecular weight is 408 g/mol. The summed E-state index contributed by atoms with van der Waals surface area (Å²) in [5.41, 5.74) is 2.84. The number of aryl methyl sites for hydroxylation is 2. The maximum absolute atomic E-state index is 11.4. The number of β-amino-alcohol motifs (C(OH)–C–C–N with tert-alkyl or cyclic N) is 1. The smallest absolute Gasteiger partial charge is 0.209 e. The van der Waals surface area contributed by atoms with Gasteiger partial charge in [0.2, 0.25) is 5.79 Å². The molecule has 1 unspecified atom stereocenters. The first-order valence-electron chi connectivity index (χ1n) is 8.78. The number of hydrogen-bond donors (Lipinski definition) is 1. The Balaban J connectivity index is 2.08. The number of morpholine rings is 1. The lowest BCUT2D eigenvalue weighted by Crippen LogP contribution is -2.54. The van der Waals surface area contributed by atoms with Crippen LogP contribution in [0.1, 0.15) is 37.2 Å². The van der Waals surface area contributed by atoms with Gasteiger partial charge in [-0.3, -0.25) is 4.90 Å². The Bertz CT molecular complexity index is 742. The monoisotopic (exact) mass is 407 g/mol. The fourth-order valence-corrected chi connectivity index (χ4v) is 3.79. The number of halogens is 1. The van der Waals surface area contributed by atoms with Crippen molar-refractivity contribution in [3.63, 3.8) is 0 Å². The van der Waals surface area contributed by atoms with E-state index in [2.05, 4.69) is 56.4 Å². The van der Waals surface area contributed by atoms with Crippen molar-refractivity contribution >= 4 is 15.9 Å². The lowest BCUT2D eigenvalue weighted by Gasteiger charge is -2.43. The Morgan fingerprint density at radius 1 is 1.28 bits per heavy atom. The van der Waals surface area contributed by atoms with E-state index in [4.69, 9.17) is 4.74 Å². The van der Waals surface area contributed by atoms with E-state index in [0.29, 0.717) is 30.6 Å². The third kappa shape index (κ3) is 3.53. The standard InChI is InChI=1S/C19H26BrN3O2/c1-5-10-22-12-19(24,25-11-15(22)4)16-8-9-17(20)21-18(16)23-13(2)6-7-14(23)3/h6-9,15,24H,5,10-12H2,1-4H3/t15-,19?/m0/s1. The maximum atomic E-state index is 11.4. The molecule has 3 heterocycles. The van der Waals surface area contributed by atoms with Gasteiger partial charge < -0.3 is 14.4 Å². The molecule has 0 bridgehead atoms. The van der Waals surface area contributed by atoms with Crippen LogP contribution in [0.3, 0.4) is 0 Å². The Morgan fingerprint density at radius 2 is 1.96 bits per heavy atom. The molecule has 25 heavy (non-hydrogen) atoms. The van der Waals surface area contributed by atoms with Crippen LogP contribution in [-0.4, -0.2) is 45.3 Å². The lowest BCUT2D eigenvalue weighted by molar-refractivity contribution is -0.259. The van der Waals surface area contributed by atoms with Gasteiger partial charge >= 0.3 is 0 Å². The van der Waals surface area contributed by atoms with Gasteiger partial charge in [-0.2, -0.15) is 0 Å². The minimum absolute atomic E-state index is 0.294. The summed E-state index contributed by atoms with van der Waals surface area (Å²) in [6.45, 7) is 10.2. The van der Waals surface area contributed by atoms with Crippen molar-refractivity contribution in [2.75, 3.05) is 19.7 Å². The number of pyridine rings is 1. The molecule has 0 spiro atoms. The predicted octanol–water partition coefficient (Wildman–Crippen LogP) is 3.53. The van der Waals surface area contributed by atoms with Crippen LogP contribution in [-0.2, 0) is 10.5 Å². The zero-order valence-electron chi connectivity index (χ0n) is 15.3. The molecule has 0 aromatic carbocycles. The van der Waals surface area contributed by atoms with E-state index in [-0.39, 0.29) is 0 Å². The lowest BCUT2D eigenvalue weighted by atomic mass is 10.0. The van der Waals surface area contributed by atoms with E-state index in [1.54, 1.807) is 0 Å². The molecule has 1 fully saturated rings. The molecule has 1 aliphatic heterocycles. The Morgan fingerprint density at radius 3 is 2.60 bits per heavy atom. The highest BCUT2D eigenvalue weighted by Crippen LogP contribution is 2.34. The van der Waals surface area contributed by atoms with Crippen molar-refractivity contribution in [2.24, 2.45) is 0 Å². The van der Waals surface area contributed by atoms with Gasteiger partial charge in [0.25, 0.3) is 0 Å². The topological polar surface area (TPSA) is 50.5 Å². The molecule has 0 amide bonds. The van der Waals surface area contributed by atoms with E-state index in [1.165, 1.54) is 0 Å². The van der Waals surface area contributed by atoms with Gasteiger partial charge in [-0.15, -0.1) is 0 Å². The van der Waals surface area contributed by atoms with Gasteiger partial charge in [0.15, 0.2) is 0 Å². The third-order valence-electron chi connectivity index (χ3n) is 4.86. The highest BCUT2D eigenvalue weighted by molar-refractivity contribution is 9.10. The van der Waals surface area contributed by atoms with Crippen LogP contribution >= 0.6 is 15.9 Å². The van der Waals surface area contributed by atoms with Crippen LogP contribution in [0, 0.1) is 13.8 Å². The maximum Gasteiger partial charge on any atom is 0.209 e. The summed E-state index contributed by atoms with van der Waals surface area (Å²) >= 11 is 3.46. The summed E-state index contributed by atoms with van der Waals surface area (Å²) in [4.78, 5) is 6.95. The van der Waals surface area contributed by atoms with Crippen LogP contribution in [0.15, 0.2) is 28.9 Å². The number of hydrogen-bond acceptors (Lipinski definition) is 4. The molecule has 136 valence electrons. The average Bonchev–Trinajstić information content (AvgIpc) is 2.90. The summed E-state index contributed by atoms with van der Waals surface area (Å²) < 4.78 is 8.74. The summed E-state index contributed by atoms with van der Waals surface area (Å²) in [5, 5.41) is 11.4. The van der Waals surface area contributed by atoms with E-state index < -0.39 is 5.79 Å². The summed E-state index contributed by atoms with van der Waals surface area (Å²) in [5.74, 6) is -0.656. The Kier molecular flexibility index (Phi) is 5.34. The van der Waals surface area contributed by atoms with E-state index >= 15 is 0 Å². The number of ether oxygens (including phenoxy) is 1. The van der Waals surface area contributed by atoms with Gasteiger partial charge in [0.1, 0.15) is 10.4 Å². The Hall–Kier alpha value is -1.21. The number of nitrogens with zero attached hydrogens (tertiary/aromatic N) is 3. The normalized spacial score (nSPS) is 24.6. The van der Waals surface area contributed by atoms with Crippen LogP contribution in [0.2, 0.25) is 0 Å². The molecule has 6 heteroatoms. The second-order valence-corrected chi connectivity index (χ2v) is 7.68. The fourth-order valence-electron chi connectivity index (χ4n) is 3.49. The van der Waals surface area contributed by atoms with Gasteiger partial charge in [-0.25, -0.2) is 4.98 Å². The fraction of sp³-hybridized carbons (Fsp3) is 0.526. The van der Waals surface area contributed by atoms with Crippen LogP contribution in [0.5, 0.6) is 0 Å². The van der Waals surface area contributed by atoms with Gasteiger partial charge in [0, 0.05) is 17.4 Å². The van der Waals surface area contributed by atoms with Gasteiger partial charge in [-0.1, -0.05) is 6.92 Å². The number of aliphatic hydroxyl groups is 1. The SMILES string of the molecule is CCCN1CC(O)(c2ccc(Br)nc2-n2c(C)ccc2C)OC[C@@H]1C. The summed E-state index contributed by atoms with van der Waals surface area (Å²) in [7, 11) is 0. The molecular weight excluding hydrogens is 382 g/mol. The Labute approximate surface area is 157 Å². The molecule has 0 aliphatic carbocycles. The molecule has 2 aromatic heterocycles. The minimum atomic E-state index is -1.37. The number of aromatic nitrogens is 2. The van der Waals surface area contributed by atoms with Crippen molar-refractivity contribution in [3.8, 4) is 5.82 Å². The molecule has 0 radical (unpaired) electrons. The van der Waals surface area contributed by atoms with E-state index in [9.17, 15) is 5.11 Å². The van der Waals surface area contributed by atoms with Crippen LogP contribution < -0.4 is 0 Å². The van der Waals surface area contributed by atoms with Crippen molar-refractivity contribution < 1.29 is 9.84 Å². The summed E-state index contributed by atoms with van der Waals surface area (Å²) in [6.07, 6.45) is 1.04. The molecule has 1 N–H and O–H groups in total.